The van der Waals surface area contributed by atoms with E-state index >= 15 is 0 Å². The van der Waals surface area contributed by atoms with Crippen LogP contribution in [0.1, 0.15) is 33.4 Å². The number of benzene rings is 1. The first kappa shape index (κ1) is 17.7. The Morgan fingerprint density at radius 2 is 2.00 bits per heavy atom. The second-order valence-corrected chi connectivity index (χ2v) is 7.63. The zero-order chi connectivity index (χ0) is 18.8. The molecular formula is C20H16ClN3O2S. The highest BCUT2D eigenvalue weighted by molar-refractivity contribution is 7.09. The molecule has 1 N–H and O–H groups in total. The molecule has 0 bridgehead atoms. The average Bonchev–Trinajstić information content (AvgIpc) is 3.29. The molecule has 1 atom stereocenters. The second-order valence-electron chi connectivity index (χ2n) is 6.16. The summed E-state index contributed by atoms with van der Waals surface area (Å²) in [7, 11) is 0. The van der Waals surface area contributed by atoms with Crippen LogP contribution in [0.2, 0.25) is 5.02 Å². The van der Waals surface area contributed by atoms with Crippen molar-refractivity contribution in [1.29, 1.82) is 0 Å². The molecular weight excluding hydrogens is 382 g/mol. The van der Waals surface area contributed by atoms with Gasteiger partial charge in [-0.25, -0.2) is 0 Å². The number of rotatable bonds is 5. The third kappa shape index (κ3) is 3.59. The van der Waals surface area contributed by atoms with Crippen LogP contribution in [-0.2, 0) is 11.3 Å². The fourth-order valence-corrected chi connectivity index (χ4v) is 3.96. The number of pyridine rings is 1. The van der Waals surface area contributed by atoms with Crippen molar-refractivity contribution >= 4 is 40.4 Å². The van der Waals surface area contributed by atoms with Gasteiger partial charge in [0.05, 0.1) is 30.3 Å². The molecule has 0 spiro atoms. The van der Waals surface area contributed by atoms with Crippen LogP contribution in [-0.4, -0.2) is 16.8 Å². The quantitative estimate of drug-likeness (QED) is 0.701. The number of fused-ring (bicyclic) bond motifs is 1. The summed E-state index contributed by atoms with van der Waals surface area (Å²) in [4.78, 5) is 32.6. The van der Waals surface area contributed by atoms with Crippen molar-refractivity contribution in [2.45, 2.75) is 19.0 Å². The van der Waals surface area contributed by atoms with Crippen LogP contribution in [0.3, 0.4) is 0 Å². The van der Waals surface area contributed by atoms with Gasteiger partial charge in [0.2, 0.25) is 5.91 Å². The maximum atomic E-state index is 12.9. The lowest BCUT2D eigenvalue weighted by atomic mass is 10.1. The molecule has 2 aromatic heterocycles. The molecule has 5 nitrogen and oxygen atoms in total. The third-order valence-corrected chi connectivity index (χ3v) is 5.57. The third-order valence-electron chi connectivity index (χ3n) is 4.44. The molecule has 136 valence electrons. The molecule has 27 heavy (non-hydrogen) atoms. The maximum absolute atomic E-state index is 12.9. The predicted octanol–water partition coefficient (Wildman–Crippen LogP) is 4.20. The summed E-state index contributed by atoms with van der Waals surface area (Å²) in [6.07, 6.45) is 1.79. The lowest BCUT2D eigenvalue weighted by molar-refractivity contribution is -0.121. The van der Waals surface area contributed by atoms with Gasteiger partial charge in [-0.05, 0) is 47.8 Å². The predicted molar refractivity (Wildman–Crippen MR) is 106 cm³/mol. The van der Waals surface area contributed by atoms with Gasteiger partial charge >= 0.3 is 0 Å². The van der Waals surface area contributed by atoms with Gasteiger partial charge in [-0.3, -0.25) is 19.5 Å². The lowest BCUT2D eigenvalue weighted by Gasteiger charge is -2.24. The number of amides is 2. The summed E-state index contributed by atoms with van der Waals surface area (Å²) in [6, 6.07) is 14.0. The van der Waals surface area contributed by atoms with Crippen molar-refractivity contribution < 1.29 is 9.59 Å². The monoisotopic (exact) mass is 397 g/mol. The van der Waals surface area contributed by atoms with E-state index in [-0.39, 0.29) is 18.2 Å². The molecule has 0 fully saturated rings. The van der Waals surface area contributed by atoms with Crippen molar-refractivity contribution in [3.8, 4) is 0 Å². The van der Waals surface area contributed by atoms with Crippen LogP contribution < -0.4 is 10.2 Å². The van der Waals surface area contributed by atoms with Gasteiger partial charge < -0.3 is 5.32 Å². The van der Waals surface area contributed by atoms with Crippen LogP contribution in [0.25, 0.3) is 0 Å². The summed E-state index contributed by atoms with van der Waals surface area (Å²) >= 11 is 7.57. The van der Waals surface area contributed by atoms with Gasteiger partial charge in [-0.15, -0.1) is 11.3 Å². The fourth-order valence-electron chi connectivity index (χ4n) is 3.19. The zero-order valence-electron chi connectivity index (χ0n) is 14.3. The smallest absolute Gasteiger partial charge is 0.260 e. The van der Waals surface area contributed by atoms with E-state index in [9.17, 15) is 9.59 Å². The van der Waals surface area contributed by atoms with Crippen LogP contribution >= 0.6 is 22.9 Å². The average molecular weight is 398 g/mol. The lowest BCUT2D eigenvalue weighted by Crippen LogP contribution is -2.32. The highest BCUT2D eigenvalue weighted by Crippen LogP contribution is 2.38. The van der Waals surface area contributed by atoms with E-state index in [2.05, 4.69) is 10.3 Å². The summed E-state index contributed by atoms with van der Waals surface area (Å²) in [5.74, 6) is -0.282. The van der Waals surface area contributed by atoms with E-state index < -0.39 is 6.04 Å². The number of hydrogen-bond acceptors (Lipinski definition) is 4. The topological polar surface area (TPSA) is 62.3 Å². The maximum Gasteiger partial charge on any atom is 0.260 e. The number of thiophene rings is 1. The molecule has 4 rings (SSSR count). The molecule has 1 aliphatic heterocycles. The molecule has 1 aliphatic rings. The minimum Gasteiger partial charge on any atom is -0.351 e. The van der Waals surface area contributed by atoms with Crippen molar-refractivity contribution in [3.05, 3.63) is 81.3 Å². The van der Waals surface area contributed by atoms with Crippen molar-refractivity contribution in [3.63, 3.8) is 0 Å². The highest BCUT2D eigenvalue weighted by atomic mass is 35.5. The summed E-state index contributed by atoms with van der Waals surface area (Å²) in [5.41, 5.74) is 1.85. The first-order chi connectivity index (χ1) is 13.1. The number of hydrogen-bond donors (Lipinski definition) is 1. The van der Waals surface area contributed by atoms with Crippen LogP contribution in [0, 0.1) is 0 Å². The normalized spacial score (nSPS) is 15.7. The number of nitrogens with zero attached hydrogens (tertiary/aromatic N) is 2. The summed E-state index contributed by atoms with van der Waals surface area (Å²) in [6.45, 7) is 0.479. The fraction of sp³-hybridized carbons (Fsp3) is 0.150. The SMILES string of the molecule is O=C(C[C@@H]1c2ncccc2C(=O)N1c1ccc(Cl)cc1)NCc1cccs1. The summed E-state index contributed by atoms with van der Waals surface area (Å²) in [5, 5.41) is 5.48. The molecule has 0 radical (unpaired) electrons. The van der Waals surface area contributed by atoms with Gasteiger partial charge in [0.1, 0.15) is 0 Å². The van der Waals surface area contributed by atoms with Crippen molar-refractivity contribution in [2.24, 2.45) is 0 Å². The van der Waals surface area contributed by atoms with E-state index in [1.165, 1.54) is 0 Å². The molecule has 0 saturated heterocycles. The Bertz CT molecular complexity index is 973. The van der Waals surface area contributed by atoms with E-state index in [0.717, 1.165) is 4.88 Å². The second kappa shape index (κ2) is 7.50. The van der Waals surface area contributed by atoms with Crippen molar-refractivity contribution in [2.75, 3.05) is 4.90 Å². The van der Waals surface area contributed by atoms with E-state index in [1.54, 1.807) is 58.8 Å². The van der Waals surface area contributed by atoms with Crippen LogP contribution in [0.4, 0.5) is 5.69 Å². The standard InChI is InChI=1S/C20H16ClN3O2S/c21-13-5-7-14(8-6-13)24-17(19-16(20(24)26)4-1-9-22-19)11-18(25)23-12-15-3-2-10-27-15/h1-10,17H,11-12H2,(H,23,25)/t17-/m1/s1. The minimum atomic E-state index is -0.446. The Labute approximate surface area is 165 Å². The number of halogens is 1. The molecule has 7 heteroatoms. The van der Waals surface area contributed by atoms with E-state index in [0.29, 0.717) is 28.5 Å². The Kier molecular flexibility index (Phi) is 4.92. The number of anilines is 1. The molecule has 0 aliphatic carbocycles. The number of aromatic nitrogens is 1. The zero-order valence-corrected chi connectivity index (χ0v) is 15.8. The van der Waals surface area contributed by atoms with Gasteiger partial charge in [-0.2, -0.15) is 0 Å². The number of carbonyl (C=O) groups is 2. The molecule has 3 heterocycles. The van der Waals surface area contributed by atoms with Gasteiger partial charge in [0.15, 0.2) is 0 Å². The Morgan fingerprint density at radius 3 is 2.74 bits per heavy atom. The van der Waals surface area contributed by atoms with Gasteiger partial charge in [-0.1, -0.05) is 17.7 Å². The Hall–Kier alpha value is -2.70. The molecule has 3 aromatic rings. The van der Waals surface area contributed by atoms with Gasteiger partial charge in [0, 0.05) is 21.8 Å². The van der Waals surface area contributed by atoms with E-state index in [1.807, 2.05) is 17.5 Å². The number of nitrogens with one attached hydrogen (secondary N) is 1. The number of carbonyl (C=O) groups excluding carboxylic acids is 2. The molecule has 0 unspecified atom stereocenters. The van der Waals surface area contributed by atoms with Crippen molar-refractivity contribution in [1.82, 2.24) is 10.3 Å². The first-order valence-corrected chi connectivity index (χ1v) is 9.72. The van der Waals surface area contributed by atoms with Crippen LogP contribution in [0.15, 0.2) is 60.1 Å². The van der Waals surface area contributed by atoms with Gasteiger partial charge in [0.25, 0.3) is 5.91 Å². The largest absolute Gasteiger partial charge is 0.351 e. The van der Waals surface area contributed by atoms with Crippen LogP contribution in [0.5, 0.6) is 0 Å². The summed E-state index contributed by atoms with van der Waals surface area (Å²) < 4.78 is 0. The molecule has 0 saturated carbocycles. The Balaban J connectivity index is 1.59. The highest BCUT2D eigenvalue weighted by Gasteiger charge is 2.39. The Morgan fingerprint density at radius 1 is 1.19 bits per heavy atom. The molecule has 1 aromatic carbocycles. The molecule has 2 amide bonds. The minimum absolute atomic E-state index is 0.126. The van der Waals surface area contributed by atoms with E-state index in [4.69, 9.17) is 11.6 Å². The first-order valence-electron chi connectivity index (χ1n) is 8.46.